The van der Waals surface area contributed by atoms with Crippen LogP contribution in [-0.2, 0) is 9.59 Å². The summed E-state index contributed by atoms with van der Waals surface area (Å²) in [5.41, 5.74) is 0. The van der Waals surface area contributed by atoms with E-state index in [2.05, 4.69) is 4.99 Å². The third-order valence-corrected chi connectivity index (χ3v) is 1.56. The summed E-state index contributed by atoms with van der Waals surface area (Å²) in [5, 5.41) is 8.14. The molecule has 0 bridgehead atoms. The molecule has 0 aromatic carbocycles. The van der Waals surface area contributed by atoms with Gasteiger partial charge in [-0.3, -0.25) is 4.79 Å². The van der Waals surface area contributed by atoms with Crippen molar-refractivity contribution in [2.24, 2.45) is 4.99 Å². The Morgan fingerprint density at radius 2 is 2.40 bits per heavy atom. The SMILES string of the molecule is O=C=NCCSCC(=O)O. The Kier molecular flexibility index (Phi) is 5.82. The van der Waals surface area contributed by atoms with Gasteiger partial charge in [-0.1, -0.05) is 0 Å². The van der Waals surface area contributed by atoms with Gasteiger partial charge < -0.3 is 5.11 Å². The Morgan fingerprint density at radius 1 is 1.70 bits per heavy atom. The zero-order chi connectivity index (χ0) is 7.82. The predicted molar refractivity (Wildman–Crippen MR) is 37.9 cm³/mol. The Hall–Kier alpha value is -0.800. The van der Waals surface area contributed by atoms with Crippen molar-refractivity contribution in [3.05, 3.63) is 0 Å². The van der Waals surface area contributed by atoms with Gasteiger partial charge in [0.1, 0.15) is 0 Å². The second-order valence-corrected chi connectivity index (χ2v) is 2.52. The molecule has 1 N–H and O–H groups in total. The van der Waals surface area contributed by atoms with Gasteiger partial charge in [0, 0.05) is 5.75 Å². The second kappa shape index (κ2) is 6.32. The number of carboxylic acid groups (broad SMARTS) is 1. The molecule has 0 aliphatic rings. The van der Waals surface area contributed by atoms with Gasteiger partial charge in [0.05, 0.1) is 12.3 Å². The van der Waals surface area contributed by atoms with E-state index in [0.29, 0.717) is 12.3 Å². The first kappa shape index (κ1) is 9.20. The fourth-order valence-electron chi connectivity index (χ4n) is 0.315. The van der Waals surface area contributed by atoms with Gasteiger partial charge in [-0.15, -0.1) is 11.8 Å². The quantitative estimate of drug-likeness (QED) is 0.354. The molecule has 56 valence electrons. The van der Waals surface area contributed by atoms with E-state index in [4.69, 9.17) is 5.11 Å². The summed E-state index contributed by atoms with van der Waals surface area (Å²) in [7, 11) is 0. The summed E-state index contributed by atoms with van der Waals surface area (Å²) < 4.78 is 0. The van der Waals surface area contributed by atoms with Crippen LogP contribution < -0.4 is 0 Å². The average molecular weight is 161 g/mol. The number of carbonyl (C=O) groups excluding carboxylic acids is 1. The number of hydrogen-bond donors (Lipinski definition) is 1. The van der Waals surface area contributed by atoms with E-state index in [1.807, 2.05) is 0 Å². The van der Waals surface area contributed by atoms with Crippen molar-refractivity contribution in [1.82, 2.24) is 0 Å². The molecule has 0 saturated heterocycles. The number of aliphatic carboxylic acids is 1. The maximum Gasteiger partial charge on any atom is 0.313 e. The number of carbonyl (C=O) groups is 1. The van der Waals surface area contributed by atoms with E-state index in [0.717, 1.165) is 0 Å². The number of carboxylic acids is 1. The Bertz CT molecular complexity index is 149. The molecule has 0 aliphatic heterocycles. The standard InChI is InChI=1S/C5H7NO3S/c7-4-6-1-2-10-3-5(8)9/h1-3H2,(H,8,9). The van der Waals surface area contributed by atoms with E-state index < -0.39 is 5.97 Å². The molecule has 0 unspecified atom stereocenters. The monoisotopic (exact) mass is 161 g/mol. The minimum Gasteiger partial charge on any atom is -0.481 e. The van der Waals surface area contributed by atoms with E-state index in [9.17, 15) is 9.59 Å². The van der Waals surface area contributed by atoms with E-state index in [1.54, 1.807) is 0 Å². The lowest BCUT2D eigenvalue weighted by molar-refractivity contribution is -0.133. The van der Waals surface area contributed by atoms with Crippen LogP contribution in [0.1, 0.15) is 0 Å². The molecule has 0 amide bonds. The minimum absolute atomic E-state index is 0.0639. The van der Waals surface area contributed by atoms with Crippen LogP contribution >= 0.6 is 11.8 Å². The molecule has 0 heterocycles. The van der Waals surface area contributed by atoms with Crippen molar-refractivity contribution in [2.45, 2.75) is 0 Å². The van der Waals surface area contributed by atoms with Crippen molar-refractivity contribution in [2.75, 3.05) is 18.1 Å². The molecule has 4 nitrogen and oxygen atoms in total. The van der Waals surface area contributed by atoms with Crippen LogP contribution in [0.4, 0.5) is 0 Å². The van der Waals surface area contributed by atoms with Crippen LogP contribution in [0.2, 0.25) is 0 Å². The van der Waals surface area contributed by atoms with Gasteiger partial charge in [-0.2, -0.15) is 0 Å². The number of rotatable bonds is 5. The third-order valence-electron chi connectivity index (χ3n) is 0.638. The molecule has 0 aromatic heterocycles. The highest BCUT2D eigenvalue weighted by atomic mass is 32.2. The molecule has 0 saturated carbocycles. The van der Waals surface area contributed by atoms with Crippen LogP contribution in [0.3, 0.4) is 0 Å². The first-order valence-electron chi connectivity index (χ1n) is 2.60. The molecule has 0 rings (SSSR count). The molecule has 5 heteroatoms. The summed E-state index contributed by atoms with van der Waals surface area (Å²) >= 11 is 1.23. The molecule has 10 heavy (non-hydrogen) atoms. The van der Waals surface area contributed by atoms with Gasteiger partial charge in [-0.05, 0) is 0 Å². The van der Waals surface area contributed by atoms with Crippen LogP contribution in [0.25, 0.3) is 0 Å². The van der Waals surface area contributed by atoms with Crippen LogP contribution in [0.5, 0.6) is 0 Å². The normalized spacial score (nSPS) is 8.40. The lowest BCUT2D eigenvalue weighted by Crippen LogP contribution is -1.99. The average Bonchev–Trinajstić information content (AvgIpc) is 1.87. The van der Waals surface area contributed by atoms with Crippen molar-refractivity contribution >= 4 is 23.8 Å². The van der Waals surface area contributed by atoms with Gasteiger partial charge in [0.15, 0.2) is 0 Å². The van der Waals surface area contributed by atoms with E-state index >= 15 is 0 Å². The topological polar surface area (TPSA) is 66.7 Å². The molecular formula is C5H7NO3S. The Labute approximate surface area is 62.3 Å². The lowest BCUT2D eigenvalue weighted by Gasteiger charge is -1.90. The van der Waals surface area contributed by atoms with Gasteiger partial charge in [0.25, 0.3) is 0 Å². The predicted octanol–water partition coefficient (Wildman–Crippen LogP) is 0.140. The number of thioether (sulfide) groups is 1. The second-order valence-electron chi connectivity index (χ2n) is 1.42. The van der Waals surface area contributed by atoms with Gasteiger partial charge in [0.2, 0.25) is 6.08 Å². The highest BCUT2D eigenvalue weighted by Crippen LogP contribution is 1.97. The molecule has 0 radical (unpaired) electrons. The maximum absolute atomic E-state index is 9.90. The molecule has 0 aromatic rings. The summed E-state index contributed by atoms with van der Waals surface area (Å²) in [5.74, 6) is -0.226. The number of aliphatic imine (C=N–C) groups is 1. The third kappa shape index (κ3) is 7.20. The van der Waals surface area contributed by atoms with Crippen molar-refractivity contribution in [1.29, 1.82) is 0 Å². The molecule has 0 spiro atoms. The smallest absolute Gasteiger partial charge is 0.313 e. The van der Waals surface area contributed by atoms with Crippen LogP contribution in [0, 0.1) is 0 Å². The Morgan fingerprint density at radius 3 is 2.90 bits per heavy atom. The minimum atomic E-state index is -0.847. The summed E-state index contributed by atoms with van der Waals surface area (Å²) in [6.45, 7) is 0.349. The summed E-state index contributed by atoms with van der Waals surface area (Å²) in [6.07, 6.45) is 1.37. The van der Waals surface area contributed by atoms with Crippen molar-refractivity contribution in [3.63, 3.8) is 0 Å². The van der Waals surface area contributed by atoms with E-state index in [1.165, 1.54) is 17.8 Å². The lowest BCUT2D eigenvalue weighted by atomic mass is 10.8. The summed E-state index contributed by atoms with van der Waals surface area (Å²) in [6, 6.07) is 0. The van der Waals surface area contributed by atoms with Gasteiger partial charge in [-0.25, -0.2) is 9.79 Å². The highest BCUT2D eigenvalue weighted by molar-refractivity contribution is 7.99. The Balaban J connectivity index is 3.05. The van der Waals surface area contributed by atoms with Crippen molar-refractivity contribution in [3.8, 4) is 0 Å². The number of isocyanates is 1. The number of hydrogen-bond acceptors (Lipinski definition) is 4. The fourth-order valence-corrected chi connectivity index (χ4v) is 0.855. The fraction of sp³-hybridized carbons (Fsp3) is 0.600. The zero-order valence-electron chi connectivity index (χ0n) is 5.24. The van der Waals surface area contributed by atoms with Crippen LogP contribution in [-0.4, -0.2) is 35.2 Å². The van der Waals surface area contributed by atoms with Crippen molar-refractivity contribution < 1.29 is 14.7 Å². The first-order valence-corrected chi connectivity index (χ1v) is 3.76. The molecular weight excluding hydrogens is 154 g/mol. The van der Waals surface area contributed by atoms with E-state index in [-0.39, 0.29) is 5.75 Å². The molecule has 0 fully saturated rings. The zero-order valence-corrected chi connectivity index (χ0v) is 6.06. The largest absolute Gasteiger partial charge is 0.481 e. The highest BCUT2D eigenvalue weighted by Gasteiger charge is 1.94. The van der Waals surface area contributed by atoms with Crippen LogP contribution in [0.15, 0.2) is 4.99 Å². The van der Waals surface area contributed by atoms with Gasteiger partial charge >= 0.3 is 5.97 Å². The number of nitrogens with zero attached hydrogens (tertiary/aromatic N) is 1. The molecule has 0 aliphatic carbocycles. The first-order chi connectivity index (χ1) is 4.77. The summed E-state index contributed by atoms with van der Waals surface area (Å²) in [4.78, 5) is 22.6. The molecule has 0 atom stereocenters. The maximum atomic E-state index is 9.90.